The Balaban J connectivity index is 0. The molecule has 0 aliphatic heterocycles. The van der Waals surface area contributed by atoms with Crippen LogP contribution in [0.2, 0.25) is 0 Å². The van der Waals surface area contributed by atoms with Crippen LogP contribution in [0.3, 0.4) is 0 Å². The third-order valence-electron chi connectivity index (χ3n) is 0.129. The Morgan fingerprint density at radius 2 is 1.88 bits per heavy atom. The molecule has 8 heavy (non-hydrogen) atoms. The summed E-state index contributed by atoms with van der Waals surface area (Å²) in [6.07, 6.45) is 0. The third kappa shape index (κ3) is 122. The van der Waals surface area contributed by atoms with Crippen molar-refractivity contribution in [2.24, 2.45) is 11.5 Å². The second kappa shape index (κ2) is 10.2. The summed E-state index contributed by atoms with van der Waals surface area (Å²) in [7, 11) is 0. The molecule has 0 radical (unpaired) electrons. The summed E-state index contributed by atoms with van der Waals surface area (Å²) in [6.45, 7) is 0.472. The molecule has 0 unspecified atom stereocenters. The smallest absolute Gasteiger partial charge is 0.128 e. The van der Waals surface area contributed by atoms with Gasteiger partial charge in [-0.05, 0) is 0 Å². The van der Waals surface area contributed by atoms with Gasteiger partial charge in [0.05, 0.1) is 6.61 Å². The van der Waals surface area contributed by atoms with Crippen LogP contribution in [0, 0.1) is 0 Å². The van der Waals surface area contributed by atoms with Gasteiger partial charge in [-0.3, -0.25) is 0 Å². The Labute approximate surface area is 59.5 Å². The van der Waals surface area contributed by atoms with Crippen molar-refractivity contribution in [2.45, 2.75) is 0 Å². The number of hydrogen-bond acceptors (Lipinski definition) is 3. The van der Waals surface area contributed by atoms with Crippen LogP contribution in [0.15, 0.2) is 0 Å². The lowest BCUT2D eigenvalue weighted by molar-refractivity contribution is 0.306. The average Bonchev–Trinajstić information content (AvgIpc) is 1.65. The number of aliphatic hydroxyl groups is 1. The quantitative estimate of drug-likeness (QED) is 0.292. The summed E-state index contributed by atoms with van der Waals surface area (Å²) in [5, 5.41) is 7.75. The van der Waals surface area contributed by atoms with E-state index in [-0.39, 0.29) is 10.9 Å². The predicted octanol–water partition coefficient (Wildman–Crippen LogP) is -0.903. The van der Waals surface area contributed by atoms with Crippen LogP contribution in [0.1, 0.15) is 0 Å². The van der Waals surface area contributed by atoms with Crippen molar-refractivity contribution in [3.05, 3.63) is 0 Å². The van der Waals surface area contributed by atoms with E-state index < -0.39 is 0 Å². The first-order chi connectivity index (χ1) is 3.65. The fourth-order valence-electron chi connectivity index (χ4n) is 0. The Kier molecular flexibility index (Phi) is 14.1. The Morgan fingerprint density at radius 1 is 1.75 bits per heavy atom. The van der Waals surface area contributed by atoms with E-state index >= 15 is 0 Å². The lowest BCUT2D eigenvalue weighted by Crippen LogP contribution is -2.02. The SMILES string of the molecule is NC(=S)S.NCCO. The van der Waals surface area contributed by atoms with Crippen molar-refractivity contribution in [1.29, 1.82) is 0 Å². The predicted molar refractivity (Wildman–Crippen MR) is 41.9 cm³/mol. The zero-order valence-electron chi connectivity index (χ0n) is 4.37. The normalized spacial score (nSPS) is 6.88. The molecule has 5 heteroatoms. The fraction of sp³-hybridized carbons (Fsp3) is 0.667. The summed E-state index contributed by atoms with van der Waals surface area (Å²) in [4.78, 5) is 0. The van der Waals surface area contributed by atoms with Gasteiger partial charge < -0.3 is 16.6 Å². The molecule has 0 spiro atoms. The number of aliphatic hydroxyl groups excluding tert-OH is 1. The van der Waals surface area contributed by atoms with Gasteiger partial charge in [0.25, 0.3) is 0 Å². The summed E-state index contributed by atoms with van der Waals surface area (Å²) in [5.41, 5.74) is 9.48. The molecule has 0 aliphatic rings. The Hall–Kier alpha value is 0.160. The van der Waals surface area contributed by atoms with Gasteiger partial charge in [0.15, 0.2) is 0 Å². The number of thiocarbonyl (C=S) groups is 1. The van der Waals surface area contributed by atoms with Crippen LogP contribution in [0.4, 0.5) is 0 Å². The Bertz CT molecular complexity index is 53.2. The number of rotatable bonds is 1. The first-order valence-electron chi connectivity index (χ1n) is 1.94. The fourth-order valence-corrected chi connectivity index (χ4v) is 0. The molecule has 0 saturated heterocycles. The molecule has 3 nitrogen and oxygen atoms in total. The largest absolute Gasteiger partial charge is 0.395 e. The first-order valence-corrected chi connectivity index (χ1v) is 2.80. The molecular formula is C3H10N2OS2. The van der Waals surface area contributed by atoms with E-state index in [2.05, 4.69) is 24.8 Å². The minimum absolute atomic E-state index is 0.0972. The van der Waals surface area contributed by atoms with E-state index in [1.54, 1.807) is 0 Å². The minimum atomic E-state index is 0.0972. The highest BCUT2D eigenvalue weighted by Gasteiger charge is 1.56. The Morgan fingerprint density at radius 3 is 1.88 bits per heavy atom. The van der Waals surface area contributed by atoms with Crippen LogP contribution in [0.25, 0.3) is 0 Å². The lowest BCUT2D eigenvalue weighted by Gasteiger charge is -1.71. The molecule has 5 N–H and O–H groups in total. The van der Waals surface area contributed by atoms with Crippen molar-refractivity contribution in [2.75, 3.05) is 13.2 Å². The summed E-state index contributed by atoms with van der Waals surface area (Å²) in [6, 6.07) is 0. The van der Waals surface area contributed by atoms with Crippen LogP contribution < -0.4 is 11.5 Å². The second-order valence-electron chi connectivity index (χ2n) is 0.851. The topological polar surface area (TPSA) is 72.3 Å². The van der Waals surface area contributed by atoms with E-state index in [0.717, 1.165) is 0 Å². The summed E-state index contributed by atoms with van der Waals surface area (Å²) in [5.74, 6) is 0. The molecule has 0 heterocycles. The molecule has 0 aromatic heterocycles. The molecule has 0 atom stereocenters. The zero-order valence-corrected chi connectivity index (χ0v) is 6.08. The van der Waals surface area contributed by atoms with Gasteiger partial charge in [0.1, 0.15) is 4.32 Å². The monoisotopic (exact) mass is 154 g/mol. The summed E-state index contributed by atoms with van der Waals surface area (Å²) >= 11 is 7.65. The molecule has 50 valence electrons. The minimum Gasteiger partial charge on any atom is -0.395 e. The van der Waals surface area contributed by atoms with Crippen LogP contribution in [-0.4, -0.2) is 22.6 Å². The maximum absolute atomic E-state index is 7.75. The van der Waals surface area contributed by atoms with Gasteiger partial charge in [-0.25, -0.2) is 0 Å². The molecule has 0 aliphatic carbocycles. The standard InChI is InChI=1S/C2H7NO.CH3NS2/c3-1-2-4;2-1(3)4/h4H,1-3H2;(H3,2,3,4). The van der Waals surface area contributed by atoms with E-state index in [4.69, 9.17) is 16.6 Å². The van der Waals surface area contributed by atoms with Crippen LogP contribution >= 0.6 is 24.8 Å². The van der Waals surface area contributed by atoms with E-state index in [1.165, 1.54) is 0 Å². The lowest BCUT2D eigenvalue weighted by atomic mass is 10.8. The highest BCUT2D eigenvalue weighted by Crippen LogP contribution is 1.63. The zero-order chi connectivity index (χ0) is 6.99. The maximum atomic E-state index is 7.75. The van der Waals surface area contributed by atoms with E-state index in [0.29, 0.717) is 6.54 Å². The van der Waals surface area contributed by atoms with Crippen molar-refractivity contribution in [1.82, 2.24) is 0 Å². The first kappa shape index (κ1) is 11.0. The molecule has 0 aromatic rings. The average molecular weight is 154 g/mol. The molecule has 0 saturated carbocycles. The molecule has 0 fully saturated rings. The number of hydrogen-bond donors (Lipinski definition) is 4. The number of thiol groups is 1. The van der Waals surface area contributed by atoms with E-state index in [9.17, 15) is 0 Å². The highest BCUT2D eigenvalue weighted by molar-refractivity contribution is 8.10. The van der Waals surface area contributed by atoms with Gasteiger partial charge in [-0.15, -0.1) is 12.6 Å². The van der Waals surface area contributed by atoms with Crippen molar-refractivity contribution >= 4 is 29.2 Å². The molecule has 0 rings (SSSR count). The molecule has 0 amide bonds. The van der Waals surface area contributed by atoms with Crippen molar-refractivity contribution in [3.8, 4) is 0 Å². The van der Waals surface area contributed by atoms with Gasteiger partial charge in [0.2, 0.25) is 0 Å². The van der Waals surface area contributed by atoms with Gasteiger partial charge in [0, 0.05) is 6.54 Å². The van der Waals surface area contributed by atoms with Crippen LogP contribution in [0.5, 0.6) is 0 Å². The molecular weight excluding hydrogens is 144 g/mol. The van der Waals surface area contributed by atoms with Gasteiger partial charge in [-0.2, -0.15) is 0 Å². The van der Waals surface area contributed by atoms with Crippen molar-refractivity contribution < 1.29 is 5.11 Å². The molecule has 0 bridgehead atoms. The maximum Gasteiger partial charge on any atom is 0.128 e. The molecule has 0 aromatic carbocycles. The van der Waals surface area contributed by atoms with Crippen LogP contribution in [-0.2, 0) is 0 Å². The van der Waals surface area contributed by atoms with E-state index in [1.807, 2.05) is 0 Å². The van der Waals surface area contributed by atoms with Crippen molar-refractivity contribution in [3.63, 3.8) is 0 Å². The second-order valence-corrected chi connectivity index (χ2v) is 2.07. The highest BCUT2D eigenvalue weighted by atomic mass is 32.1. The van der Waals surface area contributed by atoms with Gasteiger partial charge >= 0.3 is 0 Å². The van der Waals surface area contributed by atoms with Gasteiger partial charge in [-0.1, -0.05) is 12.2 Å². The summed E-state index contributed by atoms with van der Waals surface area (Å²) < 4.78 is 0.194. The number of nitrogens with two attached hydrogens (primary N) is 2. The third-order valence-corrected chi connectivity index (χ3v) is 0.129.